The van der Waals surface area contributed by atoms with Crippen molar-refractivity contribution in [1.29, 1.82) is 0 Å². The Morgan fingerprint density at radius 3 is 2.64 bits per heavy atom. The molecular formula is C18H15F3N4O2S. The number of anilines is 3. The van der Waals surface area contributed by atoms with Crippen LogP contribution in [0.25, 0.3) is 0 Å². The number of aromatic nitrogens is 2. The number of benzene rings is 1. The number of nitrogens with one attached hydrogen (secondary N) is 2. The molecule has 0 aliphatic rings. The molecule has 3 rings (SSSR count). The van der Waals surface area contributed by atoms with Crippen LogP contribution in [-0.4, -0.2) is 16.1 Å². The molecule has 0 saturated heterocycles. The molecule has 2 aromatic heterocycles. The lowest BCUT2D eigenvalue weighted by Gasteiger charge is -2.10. The fourth-order valence-corrected chi connectivity index (χ4v) is 3.08. The lowest BCUT2D eigenvalue weighted by Crippen LogP contribution is -2.17. The summed E-state index contributed by atoms with van der Waals surface area (Å²) >= 11 is 1.15. The Bertz CT molecular complexity index is 1000. The molecule has 1 amide bonds. The van der Waals surface area contributed by atoms with Gasteiger partial charge in [-0.25, -0.2) is 9.78 Å². The van der Waals surface area contributed by atoms with Crippen LogP contribution in [0.4, 0.5) is 34.3 Å². The number of carbonyl (C=O) groups is 1. The Labute approximate surface area is 162 Å². The van der Waals surface area contributed by atoms with Crippen molar-refractivity contribution in [1.82, 2.24) is 9.97 Å². The van der Waals surface area contributed by atoms with Crippen LogP contribution in [0.3, 0.4) is 0 Å². The van der Waals surface area contributed by atoms with E-state index in [-0.39, 0.29) is 11.6 Å². The van der Waals surface area contributed by atoms with E-state index in [4.69, 9.17) is 4.74 Å². The summed E-state index contributed by atoms with van der Waals surface area (Å²) in [4.78, 5) is 20.3. The summed E-state index contributed by atoms with van der Waals surface area (Å²) < 4.78 is 43.9. The second-order valence-electron chi connectivity index (χ2n) is 5.77. The number of hydrogen-bond acceptors (Lipinski definition) is 6. The average Bonchev–Trinajstić information content (AvgIpc) is 2.93. The number of aryl methyl sites for hydroxylation is 2. The van der Waals surface area contributed by atoms with Crippen LogP contribution < -0.4 is 15.4 Å². The normalized spacial score (nSPS) is 11.2. The van der Waals surface area contributed by atoms with E-state index in [9.17, 15) is 18.0 Å². The van der Waals surface area contributed by atoms with Gasteiger partial charge < -0.3 is 10.1 Å². The van der Waals surface area contributed by atoms with Crippen molar-refractivity contribution < 1.29 is 22.7 Å². The van der Waals surface area contributed by atoms with Gasteiger partial charge in [0.15, 0.2) is 5.00 Å². The van der Waals surface area contributed by atoms with Gasteiger partial charge in [0.2, 0.25) is 0 Å². The van der Waals surface area contributed by atoms with E-state index in [1.54, 1.807) is 32.2 Å². The van der Waals surface area contributed by atoms with Crippen LogP contribution in [-0.2, 0) is 6.18 Å². The molecule has 1 aromatic carbocycles. The van der Waals surface area contributed by atoms with Gasteiger partial charge in [-0.2, -0.15) is 13.2 Å². The SMILES string of the molecule is Cc1cc(NC(=O)Oc2nc(C)sc2Nc2cccc(C(F)(F)F)c2)ccn1. The molecule has 0 aliphatic heterocycles. The minimum atomic E-state index is -4.46. The molecule has 0 spiro atoms. The standard InChI is InChI=1S/C18H15F3N4O2S/c1-10-8-14(6-7-22-10)25-17(26)27-15-16(28-11(2)23-15)24-13-5-3-4-12(9-13)18(19,20)21/h3-9,24H,1-2H3,(H,22,25,26). The predicted molar refractivity (Wildman–Crippen MR) is 100 cm³/mol. The van der Waals surface area contributed by atoms with E-state index in [0.717, 1.165) is 23.5 Å². The fraction of sp³-hybridized carbons (Fsp3) is 0.167. The molecule has 6 nitrogen and oxygen atoms in total. The average molecular weight is 408 g/mol. The number of carbonyl (C=O) groups excluding carboxylic acids is 1. The molecule has 0 bridgehead atoms. The zero-order chi connectivity index (χ0) is 20.3. The number of amides is 1. The molecular weight excluding hydrogens is 393 g/mol. The van der Waals surface area contributed by atoms with Crippen molar-refractivity contribution in [2.24, 2.45) is 0 Å². The van der Waals surface area contributed by atoms with Crippen molar-refractivity contribution in [3.05, 3.63) is 58.9 Å². The summed E-state index contributed by atoms with van der Waals surface area (Å²) in [6, 6.07) is 7.98. The minimum Gasteiger partial charge on any atom is -0.388 e. The lowest BCUT2D eigenvalue weighted by molar-refractivity contribution is -0.137. The number of halogens is 3. The van der Waals surface area contributed by atoms with E-state index in [2.05, 4.69) is 20.6 Å². The van der Waals surface area contributed by atoms with Crippen LogP contribution in [0, 0.1) is 13.8 Å². The van der Waals surface area contributed by atoms with Gasteiger partial charge >= 0.3 is 12.3 Å². The van der Waals surface area contributed by atoms with Crippen LogP contribution >= 0.6 is 11.3 Å². The summed E-state index contributed by atoms with van der Waals surface area (Å²) in [6.07, 6.45) is -3.69. The van der Waals surface area contributed by atoms with Gasteiger partial charge in [0.25, 0.3) is 5.88 Å². The predicted octanol–water partition coefficient (Wildman–Crippen LogP) is 5.53. The van der Waals surface area contributed by atoms with Gasteiger partial charge in [0.1, 0.15) is 0 Å². The van der Waals surface area contributed by atoms with E-state index >= 15 is 0 Å². The van der Waals surface area contributed by atoms with Crippen LogP contribution in [0.1, 0.15) is 16.3 Å². The highest BCUT2D eigenvalue weighted by molar-refractivity contribution is 7.16. The van der Waals surface area contributed by atoms with Crippen molar-refractivity contribution >= 4 is 33.8 Å². The zero-order valence-corrected chi connectivity index (χ0v) is 15.6. The molecule has 0 fully saturated rings. The smallest absolute Gasteiger partial charge is 0.388 e. The molecule has 28 heavy (non-hydrogen) atoms. The molecule has 0 aliphatic carbocycles. The second-order valence-corrected chi connectivity index (χ2v) is 6.97. The third kappa shape index (κ3) is 4.97. The van der Waals surface area contributed by atoms with Gasteiger partial charge in [-0.1, -0.05) is 17.4 Å². The van der Waals surface area contributed by atoms with Crippen molar-refractivity contribution in [3.8, 4) is 5.88 Å². The Kier molecular flexibility index (Phi) is 5.50. The lowest BCUT2D eigenvalue weighted by atomic mass is 10.2. The van der Waals surface area contributed by atoms with Gasteiger partial charge in [0, 0.05) is 23.3 Å². The molecule has 10 heteroatoms. The molecule has 0 radical (unpaired) electrons. The molecule has 3 aromatic rings. The highest BCUT2D eigenvalue weighted by Gasteiger charge is 2.30. The van der Waals surface area contributed by atoms with E-state index in [1.807, 2.05) is 0 Å². The number of ether oxygens (including phenoxy) is 1. The summed E-state index contributed by atoms with van der Waals surface area (Å²) in [6.45, 7) is 3.47. The summed E-state index contributed by atoms with van der Waals surface area (Å²) in [7, 11) is 0. The Hall–Kier alpha value is -3.14. The first-order chi connectivity index (χ1) is 13.2. The topological polar surface area (TPSA) is 76.1 Å². The zero-order valence-electron chi connectivity index (χ0n) is 14.8. The highest BCUT2D eigenvalue weighted by Crippen LogP contribution is 2.36. The quantitative estimate of drug-likeness (QED) is 0.594. The maximum Gasteiger partial charge on any atom is 0.418 e. The van der Waals surface area contributed by atoms with Crippen molar-refractivity contribution in [3.63, 3.8) is 0 Å². The van der Waals surface area contributed by atoms with Crippen LogP contribution in [0.15, 0.2) is 42.6 Å². The molecule has 0 saturated carbocycles. The summed E-state index contributed by atoms with van der Waals surface area (Å²) in [5, 5.41) is 6.27. The van der Waals surface area contributed by atoms with Crippen LogP contribution in [0.2, 0.25) is 0 Å². The molecule has 146 valence electrons. The number of hydrogen-bond donors (Lipinski definition) is 2. The minimum absolute atomic E-state index is 0.0248. The first-order valence-corrected chi connectivity index (χ1v) is 8.85. The second kappa shape index (κ2) is 7.85. The number of alkyl halides is 3. The first-order valence-electron chi connectivity index (χ1n) is 8.04. The van der Waals surface area contributed by atoms with Gasteiger partial charge in [-0.3, -0.25) is 10.3 Å². The Morgan fingerprint density at radius 1 is 1.14 bits per heavy atom. The molecule has 0 atom stereocenters. The van der Waals surface area contributed by atoms with E-state index < -0.39 is 17.8 Å². The monoisotopic (exact) mass is 408 g/mol. The number of pyridine rings is 1. The van der Waals surface area contributed by atoms with Crippen LogP contribution in [0.5, 0.6) is 5.88 Å². The summed E-state index contributed by atoms with van der Waals surface area (Å²) in [5.41, 5.74) is 0.631. The third-order valence-electron chi connectivity index (χ3n) is 3.48. The Morgan fingerprint density at radius 2 is 1.93 bits per heavy atom. The van der Waals surface area contributed by atoms with E-state index in [0.29, 0.717) is 21.4 Å². The highest BCUT2D eigenvalue weighted by atomic mass is 32.1. The maximum absolute atomic E-state index is 12.9. The number of rotatable bonds is 4. The van der Waals surface area contributed by atoms with Crippen molar-refractivity contribution in [2.75, 3.05) is 10.6 Å². The fourth-order valence-electron chi connectivity index (χ4n) is 2.31. The number of nitrogens with zero attached hydrogens (tertiary/aromatic N) is 2. The van der Waals surface area contributed by atoms with E-state index in [1.165, 1.54) is 12.1 Å². The largest absolute Gasteiger partial charge is 0.418 e. The molecule has 2 N–H and O–H groups in total. The summed E-state index contributed by atoms with van der Waals surface area (Å²) in [5.74, 6) is -0.0248. The third-order valence-corrected chi connectivity index (χ3v) is 4.35. The van der Waals surface area contributed by atoms with Gasteiger partial charge in [-0.05, 0) is 44.2 Å². The van der Waals surface area contributed by atoms with Crippen molar-refractivity contribution in [2.45, 2.75) is 20.0 Å². The molecule has 2 heterocycles. The Balaban J connectivity index is 1.75. The number of thiazole rings is 1. The first kappa shape index (κ1) is 19.6. The van der Waals surface area contributed by atoms with Gasteiger partial charge in [0.05, 0.1) is 10.6 Å². The van der Waals surface area contributed by atoms with Gasteiger partial charge in [-0.15, -0.1) is 0 Å². The molecule has 0 unspecified atom stereocenters. The maximum atomic E-state index is 12.9.